The Morgan fingerprint density at radius 1 is 1.35 bits per heavy atom. The van der Waals surface area contributed by atoms with Gasteiger partial charge in [-0.05, 0) is 39.8 Å². The average molecular weight is 282 g/mol. The minimum atomic E-state index is -0.305. The lowest BCUT2D eigenvalue weighted by molar-refractivity contribution is 0.0170. The predicted molar refractivity (Wildman–Crippen MR) is 76.3 cm³/mol. The number of nitrogens with zero attached hydrogens (tertiary/aromatic N) is 3. The highest BCUT2D eigenvalue weighted by molar-refractivity contribution is 4.96. The maximum Gasteiger partial charge on any atom is 0.229 e. The second kappa shape index (κ2) is 6.65. The summed E-state index contributed by atoms with van der Waals surface area (Å²) in [5.74, 6) is 1.18. The smallest absolute Gasteiger partial charge is 0.229 e. The van der Waals surface area contributed by atoms with Crippen molar-refractivity contribution in [2.24, 2.45) is 5.73 Å². The van der Waals surface area contributed by atoms with Gasteiger partial charge in [0.25, 0.3) is 0 Å². The van der Waals surface area contributed by atoms with E-state index >= 15 is 0 Å². The molecule has 2 rings (SSSR count). The molecular formula is C14H26N4O2. The normalized spacial score (nSPS) is 19.2. The Kier molecular flexibility index (Phi) is 5.12. The molecule has 0 amide bonds. The molecule has 0 bridgehead atoms. The topological polar surface area (TPSA) is 77.4 Å². The van der Waals surface area contributed by atoms with Crippen molar-refractivity contribution in [2.75, 3.05) is 26.7 Å². The van der Waals surface area contributed by atoms with E-state index < -0.39 is 0 Å². The van der Waals surface area contributed by atoms with Crippen LogP contribution in [0.3, 0.4) is 0 Å². The molecule has 1 aromatic heterocycles. The summed E-state index contributed by atoms with van der Waals surface area (Å²) in [6.45, 7) is 7.02. The Morgan fingerprint density at radius 3 is 2.70 bits per heavy atom. The molecule has 1 aliphatic rings. The number of hydrogen-bond acceptors (Lipinski definition) is 6. The lowest BCUT2D eigenvalue weighted by Gasteiger charge is -2.27. The van der Waals surface area contributed by atoms with Crippen molar-refractivity contribution in [1.29, 1.82) is 0 Å². The van der Waals surface area contributed by atoms with E-state index in [1.165, 1.54) is 19.3 Å². The van der Waals surface area contributed by atoms with Gasteiger partial charge in [0.2, 0.25) is 5.89 Å². The van der Waals surface area contributed by atoms with Crippen molar-refractivity contribution in [3.05, 3.63) is 11.7 Å². The highest BCUT2D eigenvalue weighted by Gasteiger charge is 2.23. The van der Waals surface area contributed by atoms with Crippen molar-refractivity contribution < 1.29 is 9.26 Å². The van der Waals surface area contributed by atoms with Crippen molar-refractivity contribution in [2.45, 2.75) is 51.2 Å². The van der Waals surface area contributed by atoms with Gasteiger partial charge in [-0.25, -0.2) is 0 Å². The molecule has 0 aliphatic carbocycles. The zero-order valence-electron chi connectivity index (χ0n) is 12.8. The van der Waals surface area contributed by atoms with Gasteiger partial charge in [-0.1, -0.05) is 11.6 Å². The molecule has 2 N–H and O–H groups in total. The highest BCUT2D eigenvalue weighted by Crippen LogP contribution is 2.17. The van der Waals surface area contributed by atoms with Gasteiger partial charge in [-0.3, -0.25) is 0 Å². The summed E-state index contributed by atoms with van der Waals surface area (Å²) in [5.41, 5.74) is 5.87. The van der Waals surface area contributed by atoms with Crippen LogP contribution in [-0.4, -0.2) is 47.4 Å². The van der Waals surface area contributed by atoms with E-state index in [1.54, 1.807) is 7.11 Å². The number of aromatic nitrogens is 2. The maximum absolute atomic E-state index is 6.18. The Hall–Kier alpha value is -0.980. The van der Waals surface area contributed by atoms with Gasteiger partial charge < -0.3 is 19.9 Å². The number of hydrogen-bond donors (Lipinski definition) is 1. The molecule has 1 fully saturated rings. The van der Waals surface area contributed by atoms with Crippen LogP contribution in [0.2, 0.25) is 0 Å². The summed E-state index contributed by atoms with van der Waals surface area (Å²) in [7, 11) is 1.68. The third-order valence-electron chi connectivity index (χ3n) is 3.85. The van der Waals surface area contributed by atoms with Crippen LogP contribution < -0.4 is 5.73 Å². The first-order chi connectivity index (χ1) is 9.50. The van der Waals surface area contributed by atoms with Crippen molar-refractivity contribution in [3.8, 4) is 0 Å². The maximum atomic E-state index is 6.18. The molecule has 6 heteroatoms. The van der Waals surface area contributed by atoms with E-state index in [9.17, 15) is 0 Å². The lowest BCUT2D eigenvalue weighted by atomic mass is 10.1. The Morgan fingerprint density at radius 2 is 2.05 bits per heavy atom. The molecule has 6 nitrogen and oxygen atoms in total. The van der Waals surface area contributed by atoms with Gasteiger partial charge in [0.15, 0.2) is 5.82 Å². The molecule has 2 heterocycles. The molecule has 1 aromatic rings. The van der Waals surface area contributed by atoms with Crippen LogP contribution in [0.4, 0.5) is 0 Å². The predicted octanol–water partition coefficient (Wildman–Crippen LogP) is 1.52. The van der Waals surface area contributed by atoms with Crippen molar-refractivity contribution >= 4 is 0 Å². The zero-order valence-corrected chi connectivity index (χ0v) is 12.8. The second-order valence-corrected chi connectivity index (χ2v) is 6.15. The minimum absolute atomic E-state index is 0.184. The summed E-state index contributed by atoms with van der Waals surface area (Å²) < 4.78 is 10.6. The monoisotopic (exact) mass is 282 g/mol. The fourth-order valence-electron chi connectivity index (χ4n) is 2.43. The van der Waals surface area contributed by atoms with Crippen LogP contribution in [0, 0.1) is 0 Å². The van der Waals surface area contributed by atoms with Crippen LogP contribution in [0.5, 0.6) is 0 Å². The molecule has 114 valence electrons. The van der Waals surface area contributed by atoms with Crippen molar-refractivity contribution in [3.63, 3.8) is 0 Å². The molecule has 1 unspecified atom stereocenters. The Bertz CT molecular complexity index is 413. The third kappa shape index (κ3) is 4.26. The van der Waals surface area contributed by atoms with Crippen LogP contribution in [0.15, 0.2) is 4.52 Å². The molecule has 0 saturated carbocycles. The Labute approximate surface area is 120 Å². The van der Waals surface area contributed by atoms with Gasteiger partial charge in [0, 0.05) is 13.7 Å². The molecule has 1 atom stereocenters. The average Bonchev–Trinajstić information content (AvgIpc) is 2.88. The molecule has 0 aromatic carbocycles. The number of rotatable bonds is 6. The van der Waals surface area contributed by atoms with Gasteiger partial charge in [0.05, 0.1) is 18.1 Å². The first-order valence-electron chi connectivity index (χ1n) is 7.36. The van der Waals surface area contributed by atoms with Crippen molar-refractivity contribution in [1.82, 2.24) is 15.0 Å². The SMILES string of the molecule is COC(C)(C)Cc1nc(C(N)CN2CCCCC2)no1. The molecule has 0 radical (unpaired) electrons. The molecular weight excluding hydrogens is 256 g/mol. The summed E-state index contributed by atoms with van der Waals surface area (Å²) in [4.78, 5) is 6.78. The second-order valence-electron chi connectivity index (χ2n) is 6.15. The number of ether oxygens (including phenoxy) is 1. The zero-order chi connectivity index (χ0) is 14.6. The van der Waals surface area contributed by atoms with E-state index in [4.69, 9.17) is 15.0 Å². The van der Waals surface area contributed by atoms with Gasteiger partial charge in [0.1, 0.15) is 0 Å². The summed E-state index contributed by atoms with van der Waals surface area (Å²) >= 11 is 0. The quantitative estimate of drug-likeness (QED) is 0.852. The Balaban J connectivity index is 1.90. The first kappa shape index (κ1) is 15.4. The van der Waals surface area contributed by atoms with Crippen LogP contribution in [-0.2, 0) is 11.2 Å². The molecule has 1 aliphatic heterocycles. The molecule has 20 heavy (non-hydrogen) atoms. The molecule has 0 spiro atoms. The number of methoxy groups -OCH3 is 1. The van der Waals surface area contributed by atoms with E-state index in [2.05, 4.69) is 15.0 Å². The van der Waals surface area contributed by atoms with Crippen LogP contribution in [0.25, 0.3) is 0 Å². The van der Waals surface area contributed by atoms with E-state index in [0.717, 1.165) is 19.6 Å². The lowest BCUT2D eigenvalue weighted by Crippen LogP contribution is -2.36. The number of nitrogens with two attached hydrogens (primary N) is 1. The summed E-state index contributed by atoms with van der Waals surface area (Å²) in [6, 6.07) is -0.184. The van der Waals surface area contributed by atoms with Gasteiger partial charge in [-0.15, -0.1) is 0 Å². The first-order valence-corrected chi connectivity index (χ1v) is 7.36. The summed E-state index contributed by atoms with van der Waals surface area (Å²) in [6.07, 6.45) is 4.43. The minimum Gasteiger partial charge on any atom is -0.378 e. The number of piperidine rings is 1. The largest absolute Gasteiger partial charge is 0.378 e. The van der Waals surface area contributed by atoms with Gasteiger partial charge in [-0.2, -0.15) is 4.98 Å². The fourth-order valence-corrected chi connectivity index (χ4v) is 2.43. The highest BCUT2D eigenvalue weighted by atomic mass is 16.5. The third-order valence-corrected chi connectivity index (χ3v) is 3.85. The van der Waals surface area contributed by atoms with Gasteiger partial charge >= 0.3 is 0 Å². The summed E-state index contributed by atoms with van der Waals surface area (Å²) in [5, 5.41) is 4.01. The number of likely N-dealkylation sites (tertiary alicyclic amines) is 1. The fraction of sp³-hybridized carbons (Fsp3) is 0.857. The van der Waals surface area contributed by atoms with Crippen LogP contribution >= 0.6 is 0 Å². The van der Waals surface area contributed by atoms with E-state index in [0.29, 0.717) is 18.1 Å². The van der Waals surface area contributed by atoms with E-state index in [-0.39, 0.29) is 11.6 Å². The van der Waals surface area contributed by atoms with Crippen LogP contribution in [0.1, 0.15) is 50.9 Å². The standard InChI is InChI=1S/C14H26N4O2/c1-14(2,19-3)9-12-16-13(17-20-12)11(15)10-18-7-5-4-6-8-18/h11H,4-10,15H2,1-3H3. The van der Waals surface area contributed by atoms with E-state index in [1.807, 2.05) is 13.8 Å². The molecule has 1 saturated heterocycles.